The molecule has 0 bridgehead atoms. The third-order valence-corrected chi connectivity index (χ3v) is 4.78. The number of hydrogen-bond donors (Lipinski definition) is 2. The summed E-state index contributed by atoms with van der Waals surface area (Å²) in [6.45, 7) is 4.90. The molecule has 0 aliphatic carbocycles. The quantitative estimate of drug-likeness (QED) is 0.553. The van der Waals surface area contributed by atoms with Crippen LogP contribution in [0, 0.1) is 13.8 Å². The number of esters is 1. The molecule has 0 saturated heterocycles. The normalized spacial score (nSPS) is 12.6. The average Bonchev–Trinajstić information content (AvgIpc) is 3.07. The Morgan fingerprint density at radius 1 is 1.25 bits per heavy atom. The van der Waals surface area contributed by atoms with Crippen LogP contribution in [0.25, 0.3) is 5.78 Å². The first-order valence-electron chi connectivity index (χ1n) is 9.61. The predicted octanol–water partition coefficient (Wildman–Crippen LogP) is 2.85. The summed E-state index contributed by atoms with van der Waals surface area (Å²) in [6.07, 6.45) is -5.50. The van der Waals surface area contributed by atoms with Gasteiger partial charge < -0.3 is 15.8 Å². The van der Waals surface area contributed by atoms with E-state index in [1.807, 2.05) is 0 Å². The van der Waals surface area contributed by atoms with E-state index < -0.39 is 29.7 Å². The number of rotatable bonds is 6. The zero-order chi connectivity index (χ0) is 23.6. The Balaban J connectivity index is 1.59. The third-order valence-electron chi connectivity index (χ3n) is 4.78. The average molecular weight is 450 g/mol. The summed E-state index contributed by atoms with van der Waals surface area (Å²) in [6, 6.07) is 4.18. The first-order valence-corrected chi connectivity index (χ1v) is 9.61. The zero-order valence-corrected chi connectivity index (χ0v) is 17.5. The monoisotopic (exact) mass is 450 g/mol. The summed E-state index contributed by atoms with van der Waals surface area (Å²) in [5.41, 5.74) is 6.79. The van der Waals surface area contributed by atoms with Crippen LogP contribution in [0.4, 0.5) is 24.8 Å². The molecule has 9 nitrogen and oxygen atoms in total. The number of benzene rings is 1. The van der Waals surface area contributed by atoms with Crippen molar-refractivity contribution in [2.75, 3.05) is 11.1 Å². The molecule has 3 rings (SSSR count). The molecule has 2 aromatic heterocycles. The lowest BCUT2D eigenvalue weighted by molar-refractivity contribution is -0.153. The molecule has 0 radical (unpaired) electrons. The van der Waals surface area contributed by atoms with Crippen molar-refractivity contribution in [2.24, 2.45) is 0 Å². The molecular weight excluding hydrogens is 429 g/mol. The second kappa shape index (κ2) is 8.81. The Labute approximate surface area is 180 Å². The van der Waals surface area contributed by atoms with Crippen molar-refractivity contribution in [3.63, 3.8) is 0 Å². The molecular formula is C20H21F3N6O3. The van der Waals surface area contributed by atoms with Crippen LogP contribution in [0.2, 0.25) is 0 Å². The number of anilines is 2. The van der Waals surface area contributed by atoms with Crippen LogP contribution < -0.4 is 11.1 Å². The maximum absolute atomic E-state index is 12.8. The fraction of sp³-hybridized carbons (Fsp3) is 0.350. The van der Waals surface area contributed by atoms with E-state index in [1.165, 1.54) is 23.6 Å². The topological polar surface area (TPSA) is 124 Å². The maximum atomic E-state index is 12.8. The van der Waals surface area contributed by atoms with Crippen LogP contribution in [0.3, 0.4) is 0 Å². The van der Waals surface area contributed by atoms with Crippen molar-refractivity contribution in [1.29, 1.82) is 0 Å². The minimum atomic E-state index is -4.54. The number of aromatic nitrogens is 4. The highest BCUT2D eigenvalue weighted by molar-refractivity contribution is 5.95. The molecule has 0 saturated carbocycles. The molecule has 2 heterocycles. The van der Waals surface area contributed by atoms with Gasteiger partial charge >= 0.3 is 12.1 Å². The number of fused-ring (bicyclic) bond motifs is 1. The van der Waals surface area contributed by atoms with Crippen molar-refractivity contribution < 1.29 is 27.5 Å². The van der Waals surface area contributed by atoms with Gasteiger partial charge in [-0.15, -0.1) is 5.10 Å². The van der Waals surface area contributed by atoms with E-state index in [2.05, 4.69) is 20.4 Å². The Morgan fingerprint density at radius 2 is 1.97 bits per heavy atom. The number of nitrogens with two attached hydrogens (primary N) is 1. The van der Waals surface area contributed by atoms with Crippen LogP contribution in [0.1, 0.15) is 35.9 Å². The maximum Gasteiger partial charge on any atom is 0.416 e. The van der Waals surface area contributed by atoms with Gasteiger partial charge in [-0.25, -0.2) is 4.98 Å². The molecule has 3 aromatic rings. The van der Waals surface area contributed by atoms with Crippen LogP contribution in [0.5, 0.6) is 0 Å². The summed E-state index contributed by atoms with van der Waals surface area (Å²) in [5, 5.41) is 6.37. The number of carbonyl (C=O) groups is 2. The van der Waals surface area contributed by atoms with Gasteiger partial charge in [0.2, 0.25) is 5.95 Å². The molecule has 1 amide bonds. The van der Waals surface area contributed by atoms with Gasteiger partial charge in [0.05, 0.1) is 5.56 Å². The molecule has 1 atom stereocenters. The lowest BCUT2D eigenvalue weighted by atomic mass is 10.1. The largest absolute Gasteiger partial charge is 0.453 e. The molecule has 0 fully saturated rings. The number of carbonyl (C=O) groups excluding carboxylic acids is 2. The molecule has 0 aliphatic heterocycles. The van der Waals surface area contributed by atoms with Gasteiger partial charge in [0.25, 0.3) is 11.7 Å². The minimum absolute atomic E-state index is 0.0414. The Hall–Kier alpha value is -3.70. The molecule has 0 aliphatic rings. The van der Waals surface area contributed by atoms with Crippen LogP contribution >= 0.6 is 0 Å². The van der Waals surface area contributed by atoms with Crippen molar-refractivity contribution in [3.8, 4) is 0 Å². The van der Waals surface area contributed by atoms with E-state index in [-0.39, 0.29) is 24.5 Å². The van der Waals surface area contributed by atoms with Gasteiger partial charge in [0.15, 0.2) is 6.10 Å². The highest BCUT2D eigenvalue weighted by Gasteiger charge is 2.30. The Kier molecular flexibility index (Phi) is 6.32. The summed E-state index contributed by atoms with van der Waals surface area (Å²) in [4.78, 5) is 32.8. The van der Waals surface area contributed by atoms with Crippen LogP contribution in [-0.2, 0) is 26.9 Å². The number of hydrogen-bond acceptors (Lipinski definition) is 7. The lowest BCUT2D eigenvalue weighted by Gasteiger charge is -2.15. The SMILES string of the molecule is Cc1nc2nc(N)nn2c(C)c1CCC(=O)O[C@@H](C)C(=O)Nc1cccc(C(F)(F)F)c1. The second-order valence-corrected chi connectivity index (χ2v) is 7.14. The number of amides is 1. The number of nitrogens with zero attached hydrogens (tertiary/aromatic N) is 4. The van der Waals surface area contributed by atoms with E-state index in [9.17, 15) is 22.8 Å². The van der Waals surface area contributed by atoms with Crippen molar-refractivity contribution >= 4 is 29.3 Å². The van der Waals surface area contributed by atoms with Crippen molar-refractivity contribution in [3.05, 3.63) is 46.8 Å². The molecule has 0 unspecified atom stereocenters. The molecule has 32 heavy (non-hydrogen) atoms. The van der Waals surface area contributed by atoms with Crippen molar-refractivity contribution in [1.82, 2.24) is 19.6 Å². The van der Waals surface area contributed by atoms with E-state index >= 15 is 0 Å². The third kappa shape index (κ3) is 5.13. The van der Waals surface area contributed by atoms with Gasteiger partial charge in [-0.1, -0.05) is 6.07 Å². The summed E-state index contributed by atoms with van der Waals surface area (Å²) in [7, 11) is 0. The van der Waals surface area contributed by atoms with E-state index in [0.717, 1.165) is 23.4 Å². The van der Waals surface area contributed by atoms with Crippen LogP contribution in [-0.4, -0.2) is 37.6 Å². The molecule has 170 valence electrons. The number of halogens is 3. The Morgan fingerprint density at radius 3 is 2.66 bits per heavy atom. The molecule has 1 aromatic carbocycles. The minimum Gasteiger partial charge on any atom is -0.453 e. The highest BCUT2D eigenvalue weighted by Crippen LogP contribution is 2.30. The smallest absolute Gasteiger partial charge is 0.416 e. The number of alkyl halides is 3. The van der Waals surface area contributed by atoms with E-state index in [1.54, 1.807) is 13.8 Å². The number of nitrogens with one attached hydrogen (secondary N) is 1. The fourth-order valence-electron chi connectivity index (χ4n) is 3.14. The lowest BCUT2D eigenvalue weighted by Crippen LogP contribution is -2.30. The van der Waals surface area contributed by atoms with Gasteiger partial charge in [-0.05, 0) is 51.0 Å². The van der Waals surface area contributed by atoms with Gasteiger partial charge in [-0.2, -0.15) is 22.7 Å². The van der Waals surface area contributed by atoms with Crippen LogP contribution in [0.15, 0.2) is 24.3 Å². The first-order chi connectivity index (χ1) is 15.0. The predicted molar refractivity (Wildman–Crippen MR) is 109 cm³/mol. The van der Waals surface area contributed by atoms with E-state index in [4.69, 9.17) is 10.5 Å². The van der Waals surface area contributed by atoms with Gasteiger partial charge in [0, 0.05) is 23.5 Å². The number of aryl methyl sites for hydroxylation is 2. The summed E-state index contributed by atoms with van der Waals surface area (Å²) < 4.78 is 45.0. The standard InChI is InChI=1S/C20H21F3N6O3/c1-10-15(11(2)29-19(25-10)27-18(24)28-29)7-8-16(30)32-12(3)17(31)26-14-6-4-5-13(9-14)20(21,22)23/h4-6,9,12H,7-8H2,1-3H3,(H2,24,28)(H,26,31)/t12-/m0/s1. The zero-order valence-electron chi connectivity index (χ0n) is 17.5. The fourth-order valence-corrected chi connectivity index (χ4v) is 3.14. The summed E-state index contributed by atoms with van der Waals surface area (Å²) >= 11 is 0. The van der Waals surface area contributed by atoms with E-state index in [0.29, 0.717) is 11.5 Å². The Bertz CT molecular complexity index is 1180. The second-order valence-electron chi connectivity index (χ2n) is 7.14. The summed E-state index contributed by atoms with van der Waals surface area (Å²) in [5.74, 6) is -0.958. The highest BCUT2D eigenvalue weighted by atomic mass is 19.4. The molecule has 0 spiro atoms. The molecule has 12 heteroatoms. The van der Waals surface area contributed by atoms with Crippen molar-refractivity contribution in [2.45, 2.75) is 45.9 Å². The first kappa shape index (κ1) is 23.0. The van der Waals surface area contributed by atoms with Gasteiger partial charge in [-0.3, -0.25) is 9.59 Å². The number of nitrogen functional groups attached to an aromatic ring is 1. The number of ether oxygens (including phenoxy) is 1. The molecule has 3 N–H and O–H groups in total. The van der Waals surface area contributed by atoms with Gasteiger partial charge in [0.1, 0.15) is 0 Å².